The molecule has 8 heteroatoms. The van der Waals surface area contributed by atoms with E-state index in [-0.39, 0.29) is 22.2 Å². The number of nitro benzene ring substituents is 1. The van der Waals surface area contributed by atoms with Gasteiger partial charge in [0.15, 0.2) is 0 Å². The molecule has 0 bridgehead atoms. The number of nitro groups is 1. The Morgan fingerprint density at radius 2 is 1.39 bits per heavy atom. The van der Waals surface area contributed by atoms with E-state index in [4.69, 9.17) is 11.6 Å². The molecule has 3 aromatic carbocycles. The fourth-order valence-electron chi connectivity index (χ4n) is 2.48. The van der Waals surface area contributed by atoms with Crippen molar-refractivity contribution in [1.29, 1.82) is 0 Å². The zero-order valence-electron chi connectivity index (χ0n) is 14.4. The SMILES string of the molecule is O=C(Nc1ccccc1NC(=O)c1cc([N+](=O)[O-])ccc1Cl)c1ccccc1. The summed E-state index contributed by atoms with van der Waals surface area (Å²) in [6, 6.07) is 18.8. The summed E-state index contributed by atoms with van der Waals surface area (Å²) in [6.45, 7) is 0. The lowest BCUT2D eigenvalue weighted by molar-refractivity contribution is -0.384. The van der Waals surface area contributed by atoms with E-state index >= 15 is 0 Å². The number of amides is 2. The fourth-order valence-corrected chi connectivity index (χ4v) is 2.68. The van der Waals surface area contributed by atoms with Crippen LogP contribution in [0, 0.1) is 10.1 Å². The predicted molar refractivity (Wildman–Crippen MR) is 107 cm³/mol. The second-order valence-electron chi connectivity index (χ2n) is 5.74. The van der Waals surface area contributed by atoms with Crippen molar-refractivity contribution >= 4 is 40.5 Å². The van der Waals surface area contributed by atoms with E-state index in [1.165, 1.54) is 12.1 Å². The van der Waals surface area contributed by atoms with Crippen LogP contribution in [0.5, 0.6) is 0 Å². The maximum Gasteiger partial charge on any atom is 0.270 e. The minimum Gasteiger partial charge on any atom is -0.320 e. The summed E-state index contributed by atoms with van der Waals surface area (Å²) in [5.74, 6) is -0.967. The molecule has 0 aliphatic rings. The first-order valence-electron chi connectivity index (χ1n) is 8.16. The van der Waals surface area contributed by atoms with E-state index in [0.29, 0.717) is 16.9 Å². The molecular weight excluding hydrogens is 382 g/mol. The summed E-state index contributed by atoms with van der Waals surface area (Å²) >= 11 is 6.01. The molecule has 2 N–H and O–H groups in total. The molecule has 0 heterocycles. The standard InChI is InChI=1S/C20H14ClN3O4/c21-16-11-10-14(24(27)28)12-15(16)20(26)23-18-9-5-4-8-17(18)22-19(25)13-6-2-1-3-7-13/h1-12H,(H,22,25)(H,23,26). The largest absolute Gasteiger partial charge is 0.320 e. The third kappa shape index (κ3) is 4.33. The summed E-state index contributed by atoms with van der Waals surface area (Å²) in [5, 5.41) is 16.4. The highest BCUT2D eigenvalue weighted by Gasteiger charge is 2.17. The number of halogens is 1. The van der Waals surface area contributed by atoms with Crippen LogP contribution in [0.4, 0.5) is 17.1 Å². The first-order chi connectivity index (χ1) is 13.5. The number of hydrogen-bond acceptors (Lipinski definition) is 4. The molecule has 3 rings (SSSR count). The summed E-state index contributed by atoms with van der Waals surface area (Å²) in [5.41, 5.74) is 0.885. The van der Waals surface area contributed by atoms with E-state index in [1.807, 2.05) is 0 Å². The molecule has 0 saturated carbocycles. The van der Waals surface area contributed by atoms with Gasteiger partial charge in [0.1, 0.15) is 0 Å². The zero-order valence-corrected chi connectivity index (χ0v) is 15.1. The van der Waals surface area contributed by atoms with Crippen LogP contribution in [0.2, 0.25) is 5.02 Å². The summed E-state index contributed by atoms with van der Waals surface area (Å²) < 4.78 is 0. The Bertz CT molecular complexity index is 1050. The van der Waals surface area contributed by atoms with Crippen molar-refractivity contribution in [3.63, 3.8) is 0 Å². The van der Waals surface area contributed by atoms with Crippen LogP contribution in [-0.2, 0) is 0 Å². The van der Waals surface area contributed by atoms with Crippen molar-refractivity contribution in [2.75, 3.05) is 10.6 Å². The third-order valence-electron chi connectivity index (χ3n) is 3.86. The molecule has 140 valence electrons. The highest BCUT2D eigenvalue weighted by Crippen LogP contribution is 2.26. The summed E-state index contributed by atoms with van der Waals surface area (Å²) in [6.07, 6.45) is 0. The molecule has 0 saturated heterocycles. The highest BCUT2D eigenvalue weighted by molar-refractivity contribution is 6.34. The lowest BCUT2D eigenvalue weighted by Crippen LogP contribution is -2.17. The van der Waals surface area contributed by atoms with Gasteiger partial charge in [-0.15, -0.1) is 0 Å². The normalized spacial score (nSPS) is 10.2. The van der Waals surface area contributed by atoms with E-state index in [9.17, 15) is 19.7 Å². The van der Waals surface area contributed by atoms with Gasteiger partial charge in [0.25, 0.3) is 17.5 Å². The average Bonchev–Trinajstić information content (AvgIpc) is 2.70. The van der Waals surface area contributed by atoms with Gasteiger partial charge in [-0.05, 0) is 30.3 Å². The molecule has 2 amide bonds. The van der Waals surface area contributed by atoms with Gasteiger partial charge in [0.05, 0.1) is 26.9 Å². The van der Waals surface area contributed by atoms with Gasteiger partial charge in [-0.3, -0.25) is 19.7 Å². The fraction of sp³-hybridized carbons (Fsp3) is 0. The smallest absolute Gasteiger partial charge is 0.270 e. The lowest BCUT2D eigenvalue weighted by Gasteiger charge is -2.13. The summed E-state index contributed by atoms with van der Waals surface area (Å²) in [4.78, 5) is 35.3. The maximum atomic E-state index is 12.6. The third-order valence-corrected chi connectivity index (χ3v) is 4.19. The predicted octanol–water partition coefficient (Wildman–Crippen LogP) is 4.75. The number of nitrogens with one attached hydrogen (secondary N) is 2. The maximum absolute atomic E-state index is 12.6. The Labute approximate surface area is 165 Å². The number of para-hydroxylation sites is 2. The molecule has 28 heavy (non-hydrogen) atoms. The number of non-ortho nitro benzene ring substituents is 1. The molecule has 7 nitrogen and oxygen atoms in total. The Kier molecular flexibility index (Phi) is 5.67. The number of anilines is 2. The zero-order chi connectivity index (χ0) is 20.1. The van der Waals surface area contributed by atoms with Crippen molar-refractivity contribution in [2.45, 2.75) is 0 Å². The van der Waals surface area contributed by atoms with Crippen molar-refractivity contribution in [2.24, 2.45) is 0 Å². The number of benzene rings is 3. The van der Waals surface area contributed by atoms with E-state index in [1.54, 1.807) is 54.6 Å². The van der Waals surface area contributed by atoms with Crippen LogP contribution < -0.4 is 10.6 Å². The van der Waals surface area contributed by atoms with Crippen LogP contribution in [0.15, 0.2) is 72.8 Å². The van der Waals surface area contributed by atoms with Crippen LogP contribution in [0.25, 0.3) is 0 Å². The van der Waals surface area contributed by atoms with Crippen molar-refractivity contribution < 1.29 is 14.5 Å². The van der Waals surface area contributed by atoms with Crippen LogP contribution in [-0.4, -0.2) is 16.7 Å². The van der Waals surface area contributed by atoms with E-state index in [0.717, 1.165) is 6.07 Å². The Hall–Kier alpha value is -3.71. The molecule has 0 spiro atoms. The number of rotatable bonds is 5. The second kappa shape index (κ2) is 8.32. The minimum atomic E-state index is -0.630. The number of carbonyl (C=O) groups excluding carboxylic acids is 2. The van der Waals surface area contributed by atoms with Gasteiger partial charge in [-0.25, -0.2) is 0 Å². The van der Waals surface area contributed by atoms with Gasteiger partial charge >= 0.3 is 0 Å². The molecule has 0 fully saturated rings. The topological polar surface area (TPSA) is 101 Å². The van der Waals surface area contributed by atoms with Gasteiger partial charge in [0, 0.05) is 17.7 Å². The number of hydrogen-bond donors (Lipinski definition) is 2. The molecule has 0 unspecified atom stereocenters. The van der Waals surface area contributed by atoms with Crippen molar-refractivity contribution in [3.8, 4) is 0 Å². The average molecular weight is 396 g/mol. The van der Waals surface area contributed by atoms with Gasteiger partial charge in [-0.2, -0.15) is 0 Å². The Balaban J connectivity index is 1.84. The van der Waals surface area contributed by atoms with Crippen LogP contribution >= 0.6 is 11.6 Å². The van der Waals surface area contributed by atoms with Crippen molar-refractivity contribution in [3.05, 3.63) is 99.1 Å². The molecule has 0 radical (unpaired) electrons. The highest BCUT2D eigenvalue weighted by atomic mass is 35.5. The van der Waals surface area contributed by atoms with Crippen LogP contribution in [0.3, 0.4) is 0 Å². The van der Waals surface area contributed by atoms with Gasteiger partial charge in [0.2, 0.25) is 0 Å². The summed E-state index contributed by atoms with van der Waals surface area (Å²) in [7, 11) is 0. The van der Waals surface area contributed by atoms with E-state index < -0.39 is 10.8 Å². The van der Waals surface area contributed by atoms with Gasteiger partial charge in [-0.1, -0.05) is 41.9 Å². The minimum absolute atomic E-state index is 0.0416. The molecular formula is C20H14ClN3O4. The Morgan fingerprint density at radius 1 is 0.821 bits per heavy atom. The molecule has 0 aliphatic carbocycles. The first kappa shape index (κ1) is 19.1. The Morgan fingerprint density at radius 3 is 2.00 bits per heavy atom. The quantitative estimate of drug-likeness (QED) is 0.480. The molecule has 3 aromatic rings. The van der Waals surface area contributed by atoms with Crippen molar-refractivity contribution in [1.82, 2.24) is 0 Å². The second-order valence-corrected chi connectivity index (χ2v) is 6.15. The molecule has 0 atom stereocenters. The monoisotopic (exact) mass is 395 g/mol. The number of nitrogens with zero attached hydrogens (tertiary/aromatic N) is 1. The van der Waals surface area contributed by atoms with Crippen LogP contribution in [0.1, 0.15) is 20.7 Å². The van der Waals surface area contributed by atoms with Gasteiger partial charge < -0.3 is 10.6 Å². The lowest BCUT2D eigenvalue weighted by atomic mass is 10.1. The molecule has 0 aromatic heterocycles. The van der Waals surface area contributed by atoms with E-state index in [2.05, 4.69) is 10.6 Å². The first-order valence-corrected chi connectivity index (χ1v) is 8.54. The number of carbonyl (C=O) groups is 2. The molecule has 0 aliphatic heterocycles.